The predicted octanol–water partition coefficient (Wildman–Crippen LogP) is 2.43. The fourth-order valence-electron chi connectivity index (χ4n) is 2.13. The molecule has 0 aliphatic carbocycles. The molecule has 0 radical (unpaired) electrons. The number of hydrogen-bond donors (Lipinski definition) is 1. The molecule has 126 valence electrons. The second kappa shape index (κ2) is 7.79. The Hall–Kier alpha value is -2.60. The number of benzene rings is 1. The lowest BCUT2D eigenvalue weighted by molar-refractivity contribution is -0.144. The topological polar surface area (TPSA) is 73.2 Å². The quantitative estimate of drug-likeness (QED) is 0.666. The minimum atomic E-state index is -0.976. The average Bonchev–Trinajstić information content (AvgIpc) is 2.89. The molecule has 0 saturated heterocycles. The van der Waals surface area contributed by atoms with Gasteiger partial charge < -0.3 is 10.1 Å². The van der Waals surface area contributed by atoms with Crippen LogP contribution in [0.15, 0.2) is 36.5 Å². The van der Waals surface area contributed by atoms with Gasteiger partial charge in [-0.25, -0.2) is 4.79 Å². The van der Waals surface area contributed by atoms with Gasteiger partial charge in [0.25, 0.3) is 0 Å². The molecule has 1 atom stereocenters. The van der Waals surface area contributed by atoms with E-state index in [4.69, 9.17) is 16.3 Å². The first kappa shape index (κ1) is 17.7. The monoisotopic (exact) mass is 347 g/mol. The summed E-state index contributed by atoms with van der Waals surface area (Å²) in [5.74, 6) is -1.03. The van der Waals surface area contributed by atoms with Crippen LogP contribution in [0, 0.1) is 6.92 Å². The molecule has 0 saturated carbocycles. The summed E-state index contributed by atoms with van der Waals surface area (Å²) in [6.07, 6.45) is 4.64. The standard InChI is InChI=1S/C17H18ClN3O3/c1-11-12(10-19-21(11)2)8-9-15(22)20-16(17(23)24-3)13-6-4-5-7-14(13)18/h4-10,16H,1-3H3,(H,20,22)/b9-8-. The summed E-state index contributed by atoms with van der Waals surface area (Å²) in [7, 11) is 3.07. The van der Waals surface area contributed by atoms with Crippen LogP contribution < -0.4 is 5.32 Å². The molecule has 1 aromatic heterocycles. The second-order valence-corrected chi connectivity index (χ2v) is 5.54. The first-order chi connectivity index (χ1) is 11.4. The van der Waals surface area contributed by atoms with Crippen LogP contribution in [0.2, 0.25) is 5.02 Å². The third kappa shape index (κ3) is 4.02. The van der Waals surface area contributed by atoms with Crippen LogP contribution in [0.4, 0.5) is 0 Å². The van der Waals surface area contributed by atoms with Crippen molar-refractivity contribution in [2.75, 3.05) is 7.11 Å². The number of aromatic nitrogens is 2. The average molecular weight is 348 g/mol. The van der Waals surface area contributed by atoms with E-state index in [1.54, 1.807) is 41.2 Å². The zero-order chi connectivity index (χ0) is 17.7. The van der Waals surface area contributed by atoms with Gasteiger partial charge in [-0.2, -0.15) is 5.10 Å². The molecule has 0 aliphatic rings. The number of rotatable bonds is 5. The summed E-state index contributed by atoms with van der Waals surface area (Å²) < 4.78 is 6.47. The van der Waals surface area contributed by atoms with E-state index in [2.05, 4.69) is 10.4 Å². The number of carbonyl (C=O) groups excluding carboxylic acids is 2. The molecule has 24 heavy (non-hydrogen) atoms. The molecule has 7 heteroatoms. The SMILES string of the molecule is COC(=O)C(NC(=O)/C=C\c1cnn(C)c1C)c1ccccc1Cl. The number of aryl methyl sites for hydroxylation is 1. The highest BCUT2D eigenvalue weighted by molar-refractivity contribution is 6.31. The molecule has 1 N–H and O–H groups in total. The van der Waals surface area contributed by atoms with Crippen molar-refractivity contribution in [3.8, 4) is 0 Å². The van der Waals surface area contributed by atoms with E-state index in [1.807, 2.05) is 14.0 Å². The van der Waals surface area contributed by atoms with E-state index >= 15 is 0 Å². The van der Waals surface area contributed by atoms with Gasteiger partial charge in [0, 0.05) is 35.0 Å². The van der Waals surface area contributed by atoms with Crippen molar-refractivity contribution < 1.29 is 14.3 Å². The Kier molecular flexibility index (Phi) is 5.76. The number of amides is 1. The molecule has 0 bridgehead atoms. The summed E-state index contributed by atoms with van der Waals surface area (Å²) in [6, 6.07) is 5.81. The van der Waals surface area contributed by atoms with Gasteiger partial charge in [0.15, 0.2) is 6.04 Å². The minimum Gasteiger partial charge on any atom is -0.467 e. The maximum atomic E-state index is 12.2. The summed E-state index contributed by atoms with van der Waals surface area (Å²) >= 11 is 6.11. The van der Waals surface area contributed by atoms with Crippen LogP contribution in [0.3, 0.4) is 0 Å². The fourth-order valence-corrected chi connectivity index (χ4v) is 2.37. The van der Waals surface area contributed by atoms with Crippen molar-refractivity contribution in [1.29, 1.82) is 0 Å². The number of nitrogens with one attached hydrogen (secondary N) is 1. The van der Waals surface area contributed by atoms with Gasteiger partial charge in [-0.15, -0.1) is 0 Å². The molecule has 0 fully saturated rings. The van der Waals surface area contributed by atoms with E-state index in [1.165, 1.54) is 13.2 Å². The molecule has 1 aromatic carbocycles. The van der Waals surface area contributed by atoms with Gasteiger partial charge in [-0.1, -0.05) is 29.8 Å². The Labute approximate surface area is 145 Å². The van der Waals surface area contributed by atoms with Crippen LogP contribution in [0.1, 0.15) is 22.9 Å². The smallest absolute Gasteiger partial charge is 0.333 e. The first-order valence-electron chi connectivity index (χ1n) is 7.23. The summed E-state index contributed by atoms with van der Waals surface area (Å²) in [6.45, 7) is 1.89. The number of methoxy groups -OCH3 is 1. The third-order valence-corrected chi connectivity index (χ3v) is 3.97. The molecule has 6 nitrogen and oxygen atoms in total. The Morgan fingerprint density at radius 3 is 2.67 bits per heavy atom. The van der Waals surface area contributed by atoms with Gasteiger partial charge in [-0.3, -0.25) is 9.48 Å². The minimum absolute atomic E-state index is 0.375. The number of esters is 1. The van der Waals surface area contributed by atoms with Crippen LogP contribution in [0.5, 0.6) is 0 Å². The lowest BCUT2D eigenvalue weighted by Gasteiger charge is -2.17. The normalized spacial score (nSPS) is 12.2. The zero-order valence-electron chi connectivity index (χ0n) is 13.6. The van der Waals surface area contributed by atoms with Crippen LogP contribution in [-0.4, -0.2) is 28.8 Å². The van der Waals surface area contributed by atoms with Crippen LogP contribution in [0.25, 0.3) is 6.08 Å². The van der Waals surface area contributed by atoms with Crippen molar-refractivity contribution in [3.63, 3.8) is 0 Å². The highest BCUT2D eigenvalue weighted by Crippen LogP contribution is 2.23. The number of carbonyl (C=O) groups is 2. The van der Waals surface area contributed by atoms with Crippen molar-refractivity contribution in [1.82, 2.24) is 15.1 Å². The summed E-state index contributed by atoms with van der Waals surface area (Å²) in [5, 5.41) is 7.08. The Balaban J connectivity index is 2.18. The second-order valence-electron chi connectivity index (χ2n) is 5.13. The van der Waals surface area contributed by atoms with Gasteiger partial charge >= 0.3 is 5.97 Å². The molecule has 1 heterocycles. The Bertz CT molecular complexity index is 783. The molecular formula is C17H18ClN3O3. The van der Waals surface area contributed by atoms with Gasteiger partial charge in [0.05, 0.1) is 13.3 Å². The molecule has 1 amide bonds. The van der Waals surface area contributed by atoms with Gasteiger partial charge in [-0.05, 0) is 19.1 Å². The highest BCUT2D eigenvalue weighted by Gasteiger charge is 2.24. The molecule has 0 spiro atoms. The number of nitrogens with zero attached hydrogens (tertiary/aromatic N) is 2. The Morgan fingerprint density at radius 2 is 2.08 bits per heavy atom. The number of ether oxygens (including phenoxy) is 1. The third-order valence-electron chi connectivity index (χ3n) is 3.63. The maximum Gasteiger partial charge on any atom is 0.333 e. The molecule has 2 aromatic rings. The molecule has 2 rings (SSSR count). The van der Waals surface area contributed by atoms with Crippen LogP contribution >= 0.6 is 11.6 Å². The summed E-state index contributed by atoms with van der Waals surface area (Å²) in [5.41, 5.74) is 2.22. The predicted molar refractivity (Wildman–Crippen MR) is 91.3 cm³/mol. The van der Waals surface area contributed by atoms with E-state index < -0.39 is 17.9 Å². The van der Waals surface area contributed by atoms with Gasteiger partial charge in [0.1, 0.15) is 0 Å². The summed E-state index contributed by atoms with van der Waals surface area (Å²) in [4.78, 5) is 24.2. The Morgan fingerprint density at radius 1 is 1.38 bits per heavy atom. The van der Waals surface area contributed by atoms with Crippen molar-refractivity contribution in [2.24, 2.45) is 7.05 Å². The van der Waals surface area contributed by atoms with E-state index in [9.17, 15) is 9.59 Å². The molecule has 0 aliphatic heterocycles. The van der Waals surface area contributed by atoms with Crippen molar-refractivity contribution >= 4 is 29.6 Å². The van der Waals surface area contributed by atoms with Crippen molar-refractivity contribution in [2.45, 2.75) is 13.0 Å². The lowest BCUT2D eigenvalue weighted by Crippen LogP contribution is -2.33. The van der Waals surface area contributed by atoms with Crippen molar-refractivity contribution in [3.05, 3.63) is 58.4 Å². The maximum absolute atomic E-state index is 12.2. The molecule has 1 unspecified atom stereocenters. The van der Waals surface area contributed by atoms with E-state index in [0.29, 0.717) is 10.6 Å². The fraction of sp³-hybridized carbons (Fsp3) is 0.235. The first-order valence-corrected chi connectivity index (χ1v) is 7.61. The number of halogens is 1. The van der Waals surface area contributed by atoms with Gasteiger partial charge in [0.2, 0.25) is 5.91 Å². The number of hydrogen-bond acceptors (Lipinski definition) is 4. The highest BCUT2D eigenvalue weighted by atomic mass is 35.5. The largest absolute Gasteiger partial charge is 0.467 e. The van der Waals surface area contributed by atoms with Crippen LogP contribution in [-0.2, 0) is 21.4 Å². The van der Waals surface area contributed by atoms with E-state index in [0.717, 1.165) is 11.3 Å². The zero-order valence-corrected chi connectivity index (χ0v) is 14.4. The molecular weight excluding hydrogens is 330 g/mol. The lowest BCUT2D eigenvalue weighted by atomic mass is 10.1. The van der Waals surface area contributed by atoms with E-state index in [-0.39, 0.29) is 0 Å².